The van der Waals surface area contributed by atoms with Crippen molar-refractivity contribution in [3.8, 4) is 0 Å². The number of nitrogens with zero attached hydrogens (tertiary/aromatic N) is 2. The fourth-order valence-corrected chi connectivity index (χ4v) is 1.93. The van der Waals surface area contributed by atoms with Gasteiger partial charge in [0.05, 0.1) is 17.3 Å². The molecule has 0 bridgehead atoms. The maximum absolute atomic E-state index is 13.3. The van der Waals surface area contributed by atoms with Gasteiger partial charge in [-0.3, -0.25) is 4.68 Å². The van der Waals surface area contributed by atoms with Crippen LogP contribution < -0.4 is 5.32 Å². The number of halogens is 2. The third-order valence-electron chi connectivity index (χ3n) is 2.75. The molecule has 0 saturated carbocycles. The van der Waals surface area contributed by atoms with Crippen molar-refractivity contribution in [2.45, 2.75) is 33.0 Å². The molecular weight excluding hydrogens is 265 g/mol. The summed E-state index contributed by atoms with van der Waals surface area (Å²) in [4.78, 5) is 0. The molecule has 0 fully saturated rings. The van der Waals surface area contributed by atoms with Crippen LogP contribution in [0.1, 0.15) is 25.1 Å². The molecule has 1 aromatic heterocycles. The van der Waals surface area contributed by atoms with Crippen LogP contribution in [0.25, 0.3) is 0 Å². The minimum absolute atomic E-state index is 0.167. The van der Waals surface area contributed by atoms with Gasteiger partial charge in [0.1, 0.15) is 5.82 Å². The summed E-state index contributed by atoms with van der Waals surface area (Å²) in [6, 6.07) is 7.18. The lowest BCUT2D eigenvalue weighted by Crippen LogP contribution is -2.22. The number of hydrogen-bond donors (Lipinski definition) is 1. The van der Waals surface area contributed by atoms with Gasteiger partial charge in [-0.2, -0.15) is 5.10 Å². The molecule has 19 heavy (non-hydrogen) atoms. The third kappa shape index (κ3) is 3.78. The van der Waals surface area contributed by atoms with Crippen LogP contribution in [-0.4, -0.2) is 15.8 Å². The molecule has 1 aromatic carbocycles. The van der Waals surface area contributed by atoms with E-state index < -0.39 is 5.82 Å². The van der Waals surface area contributed by atoms with E-state index in [0.717, 1.165) is 17.8 Å². The zero-order chi connectivity index (χ0) is 13.8. The topological polar surface area (TPSA) is 29.9 Å². The predicted molar refractivity (Wildman–Crippen MR) is 74.7 cm³/mol. The van der Waals surface area contributed by atoms with E-state index in [4.69, 9.17) is 11.6 Å². The predicted octanol–water partition coefficient (Wildman–Crippen LogP) is 3.22. The van der Waals surface area contributed by atoms with Gasteiger partial charge in [0.25, 0.3) is 0 Å². The number of rotatable bonds is 5. The first-order chi connectivity index (χ1) is 9.06. The van der Waals surface area contributed by atoms with E-state index in [-0.39, 0.29) is 5.02 Å². The van der Waals surface area contributed by atoms with Gasteiger partial charge in [0, 0.05) is 18.8 Å². The van der Waals surface area contributed by atoms with Gasteiger partial charge in [-0.15, -0.1) is 0 Å². The van der Waals surface area contributed by atoms with E-state index in [1.165, 1.54) is 6.07 Å². The second-order valence-corrected chi connectivity index (χ2v) is 5.13. The highest BCUT2D eigenvalue weighted by molar-refractivity contribution is 6.31. The first-order valence-corrected chi connectivity index (χ1v) is 6.62. The molecule has 0 amide bonds. The number of benzene rings is 1. The van der Waals surface area contributed by atoms with Crippen LogP contribution in [0.15, 0.2) is 30.5 Å². The molecule has 0 aliphatic heterocycles. The Morgan fingerprint density at radius 2 is 2.16 bits per heavy atom. The highest BCUT2D eigenvalue weighted by Crippen LogP contribution is 2.20. The van der Waals surface area contributed by atoms with Crippen molar-refractivity contribution in [2.75, 3.05) is 0 Å². The van der Waals surface area contributed by atoms with Crippen LogP contribution in [0.2, 0.25) is 5.02 Å². The number of aromatic nitrogens is 2. The monoisotopic (exact) mass is 281 g/mol. The zero-order valence-corrected chi connectivity index (χ0v) is 11.8. The van der Waals surface area contributed by atoms with Crippen LogP contribution in [-0.2, 0) is 13.1 Å². The molecule has 0 radical (unpaired) electrons. The summed E-state index contributed by atoms with van der Waals surface area (Å²) in [7, 11) is 0. The van der Waals surface area contributed by atoms with E-state index in [0.29, 0.717) is 12.6 Å². The molecule has 0 aliphatic rings. The van der Waals surface area contributed by atoms with Crippen LogP contribution in [0.5, 0.6) is 0 Å². The van der Waals surface area contributed by atoms with Crippen molar-refractivity contribution in [2.24, 2.45) is 0 Å². The molecule has 1 heterocycles. The first kappa shape index (κ1) is 14.0. The molecule has 3 nitrogen and oxygen atoms in total. The molecular formula is C14H17ClFN3. The van der Waals surface area contributed by atoms with Gasteiger partial charge >= 0.3 is 0 Å². The molecule has 2 aromatic rings. The summed E-state index contributed by atoms with van der Waals surface area (Å²) in [5.41, 5.74) is 1.69. The average Bonchev–Trinajstić information content (AvgIpc) is 2.80. The molecule has 0 aliphatic carbocycles. The number of hydrogen-bond acceptors (Lipinski definition) is 2. The van der Waals surface area contributed by atoms with E-state index >= 15 is 0 Å². The van der Waals surface area contributed by atoms with Crippen molar-refractivity contribution in [1.29, 1.82) is 0 Å². The van der Waals surface area contributed by atoms with Crippen molar-refractivity contribution in [3.05, 3.63) is 52.6 Å². The van der Waals surface area contributed by atoms with Gasteiger partial charge in [0.15, 0.2) is 0 Å². The van der Waals surface area contributed by atoms with Gasteiger partial charge in [-0.05, 0) is 17.7 Å². The van der Waals surface area contributed by atoms with Gasteiger partial charge < -0.3 is 5.32 Å². The molecule has 1 N–H and O–H groups in total. The van der Waals surface area contributed by atoms with Gasteiger partial charge in [-0.25, -0.2) is 4.39 Å². The zero-order valence-electron chi connectivity index (χ0n) is 11.0. The second-order valence-electron chi connectivity index (χ2n) is 4.75. The van der Waals surface area contributed by atoms with Gasteiger partial charge in [-0.1, -0.05) is 37.6 Å². The summed E-state index contributed by atoms with van der Waals surface area (Å²) < 4.78 is 15.1. The fourth-order valence-electron chi connectivity index (χ4n) is 1.74. The largest absolute Gasteiger partial charge is 0.309 e. The molecule has 0 atom stereocenters. The summed E-state index contributed by atoms with van der Waals surface area (Å²) in [6.45, 7) is 5.37. The highest BCUT2D eigenvalue weighted by Gasteiger charge is 2.07. The number of nitrogens with one attached hydrogen (secondary N) is 1. The van der Waals surface area contributed by atoms with E-state index in [9.17, 15) is 4.39 Å². The minimum Gasteiger partial charge on any atom is -0.309 e. The Labute approximate surface area is 117 Å². The fraction of sp³-hybridized carbons (Fsp3) is 0.357. The molecule has 5 heteroatoms. The summed E-state index contributed by atoms with van der Waals surface area (Å²) >= 11 is 5.92. The maximum Gasteiger partial charge on any atom is 0.142 e. The Balaban J connectivity index is 2.05. The standard InChI is InChI=1S/C14H17ClFN3/c1-10(2)17-8-12-6-7-19(18-12)9-11-4-3-5-13(16)14(11)15/h3-7,10,17H,8-9H2,1-2H3. The average molecular weight is 282 g/mol. The van der Waals surface area contributed by atoms with Crippen LogP contribution in [0.3, 0.4) is 0 Å². The summed E-state index contributed by atoms with van der Waals surface area (Å²) in [6.07, 6.45) is 1.87. The first-order valence-electron chi connectivity index (χ1n) is 6.25. The highest BCUT2D eigenvalue weighted by atomic mass is 35.5. The van der Waals surface area contributed by atoms with Crippen LogP contribution >= 0.6 is 11.6 Å². The van der Waals surface area contributed by atoms with E-state index in [1.54, 1.807) is 16.8 Å². The summed E-state index contributed by atoms with van der Waals surface area (Å²) in [5, 5.41) is 7.89. The van der Waals surface area contributed by atoms with Crippen molar-refractivity contribution < 1.29 is 4.39 Å². The van der Waals surface area contributed by atoms with Crippen molar-refractivity contribution in [3.63, 3.8) is 0 Å². The lowest BCUT2D eigenvalue weighted by Gasteiger charge is -2.06. The van der Waals surface area contributed by atoms with E-state index in [1.807, 2.05) is 12.3 Å². The Morgan fingerprint density at radius 1 is 1.37 bits per heavy atom. The Bertz CT molecular complexity index is 551. The molecule has 102 valence electrons. The Morgan fingerprint density at radius 3 is 2.89 bits per heavy atom. The molecule has 0 unspecified atom stereocenters. The van der Waals surface area contributed by atoms with E-state index in [2.05, 4.69) is 24.3 Å². The lowest BCUT2D eigenvalue weighted by atomic mass is 10.2. The minimum atomic E-state index is -0.395. The Kier molecular flexibility index (Phi) is 4.56. The lowest BCUT2D eigenvalue weighted by molar-refractivity contribution is 0.569. The molecule has 0 spiro atoms. The van der Waals surface area contributed by atoms with Crippen molar-refractivity contribution >= 4 is 11.6 Å². The second kappa shape index (κ2) is 6.17. The molecule has 2 rings (SSSR count). The van der Waals surface area contributed by atoms with Crippen LogP contribution in [0, 0.1) is 5.82 Å². The smallest absolute Gasteiger partial charge is 0.142 e. The molecule has 0 saturated heterocycles. The third-order valence-corrected chi connectivity index (χ3v) is 3.17. The Hall–Kier alpha value is -1.39. The quantitative estimate of drug-likeness (QED) is 0.912. The van der Waals surface area contributed by atoms with Crippen LogP contribution in [0.4, 0.5) is 4.39 Å². The van der Waals surface area contributed by atoms with Gasteiger partial charge in [0.2, 0.25) is 0 Å². The SMILES string of the molecule is CC(C)NCc1ccn(Cc2cccc(F)c2Cl)n1. The summed E-state index contributed by atoms with van der Waals surface area (Å²) in [5.74, 6) is -0.395. The normalized spacial score (nSPS) is 11.2. The van der Waals surface area contributed by atoms with Crippen molar-refractivity contribution in [1.82, 2.24) is 15.1 Å². The maximum atomic E-state index is 13.3.